The average molecular weight is 194 g/mol. The molecule has 2 N–H and O–H groups in total. The molecule has 0 radical (unpaired) electrons. The Hall–Kier alpha value is -1.16. The van der Waals surface area contributed by atoms with Crippen molar-refractivity contribution in [2.45, 2.75) is 33.4 Å². The summed E-state index contributed by atoms with van der Waals surface area (Å²) >= 11 is 0. The van der Waals surface area contributed by atoms with Gasteiger partial charge in [0, 0.05) is 25.3 Å². The maximum Gasteiger partial charge on any atom is 0.225 e. The van der Waals surface area contributed by atoms with Crippen LogP contribution in [0.1, 0.15) is 26.5 Å². The lowest BCUT2D eigenvalue weighted by molar-refractivity contribution is 0.677. The van der Waals surface area contributed by atoms with Crippen molar-refractivity contribution in [3.05, 3.63) is 18.0 Å². The molecular formula is C10H18N4. The molecule has 0 saturated carbocycles. The summed E-state index contributed by atoms with van der Waals surface area (Å²) in [6.45, 7) is 7.72. The van der Waals surface area contributed by atoms with Gasteiger partial charge in [0.2, 0.25) is 5.95 Å². The molecule has 0 aliphatic carbocycles. The fraction of sp³-hybridized carbons (Fsp3) is 0.600. The summed E-state index contributed by atoms with van der Waals surface area (Å²) < 4.78 is 0. The zero-order valence-electron chi connectivity index (χ0n) is 9.07. The van der Waals surface area contributed by atoms with Gasteiger partial charge < -0.3 is 10.6 Å². The monoisotopic (exact) mass is 194 g/mol. The van der Waals surface area contributed by atoms with Crippen molar-refractivity contribution in [3.63, 3.8) is 0 Å². The van der Waals surface area contributed by atoms with Crippen molar-refractivity contribution < 1.29 is 0 Å². The highest BCUT2D eigenvalue weighted by molar-refractivity contribution is 5.31. The third-order valence-electron chi connectivity index (χ3n) is 2.13. The van der Waals surface area contributed by atoms with E-state index in [0.29, 0.717) is 12.6 Å². The smallest absolute Gasteiger partial charge is 0.225 e. The highest BCUT2D eigenvalue weighted by Gasteiger charge is 2.10. The maximum atomic E-state index is 5.53. The fourth-order valence-corrected chi connectivity index (χ4v) is 1.37. The van der Waals surface area contributed by atoms with Gasteiger partial charge in [-0.2, -0.15) is 0 Å². The van der Waals surface area contributed by atoms with E-state index >= 15 is 0 Å². The molecule has 0 fully saturated rings. The lowest BCUT2D eigenvalue weighted by Crippen LogP contribution is -2.32. The first-order valence-electron chi connectivity index (χ1n) is 4.97. The van der Waals surface area contributed by atoms with Crippen LogP contribution in [-0.2, 0) is 6.54 Å². The quantitative estimate of drug-likeness (QED) is 0.781. The summed E-state index contributed by atoms with van der Waals surface area (Å²) in [4.78, 5) is 10.8. The summed E-state index contributed by atoms with van der Waals surface area (Å²) in [5.74, 6) is 0.769. The lowest BCUT2D eigenvalue weighted by atomic mass is 10.3. The van der Waals surface area contributed by atoms with Crippen LogP contribution in [0.4, 0.5) is 5.95 Å². The standard InChI is InChI=1S/C10H18N4/c1-4-14(8(2)3)10-12-6-5-9(7-11)13-10/h5-6,8H,4,7,11H2,1-3H3. The number of aromatic nitrogens is 2. The zero-order chi connectivity index (χ0) is 10.6. The number of anilines is 1. The van der Waals surface area contributed by atoms with Crippen LogP contribution in [0.2, 0.25) is 0 Å². The molecule has 4 heteroatoms. The Morgan fingerprint density at radius 3 is 2.71 bits per heavy atom. The SMILES string of the molecule is CCN(c1nccc(CN)n1)C(C)C. The molecule has 0 saturated heterocycles. The highest BCUT2D eigenvalue weighted by atomic mass is 15.3. The molecule has 4 nitrogen and oxygen atoms in total. The van der Waals surface area contributed by atoms with E-state index in [-0.39, 0.29) is 0 Å². The summed E-state index contributed by atoms with van der Waals surface area (Å²) in [6.07, 6.45) is 1.76. The van der Waals surface area contributed by atoms with Crippen LogP contribution in [0.25, 0.3) is 0 Å². The number of rotatable bonds is 4. The van der Waals surface area contributed by atoms with Crippen LogP contribution in [0.5, 0.6) is 0 Å². The van der Waals surface area contributed by atoms with Gasteiger partial charge in [-0.05, 0) is 26.8 Å². The van der Waals surface area contributed by atoms with E-state index in [0.717, 1.165) is 18.2 Å². The van der Waals surface area contributed by atoms with Gasteiger partial charge in [0.1, 0.15) is 0 Å². The number of nitrogens with two attached hydrogens (primary N) is 1. The molecule has 1 aromatic heterocycles. The van der Waals surface area contributed by atoms with Crippen LogP contribution < -0.4 is 10.6 Å². The molecule has 0 unspecified atom stereocenters. The Balaban J connectivity index is 2.92. The van der Waals surface area contributed by atoms with Crippen LogP contribution in [0.15, 0.2) is 12.3 Å². The molecule has 78 valence electrons. The van der Waals surface area contributed by atoms with Crippen molar-refractivity contribution in [1.82, 2.24) is 9.97 Å². The fourth-order valence-electron chi connectivity index (χ4n) is 1.37. The number of hydrogen-bond acceptors (Lipinski definition) is 4. The second kappa shape index (κ2) is 4.91. The van der Waals surface area contributed by atoms with Crippen molar-refractivity contribution in [2.24, 2.45) is 5.73 Å². The van der Waals surface area contributed by atoms with E-state index in [2.05, 4.69) is 35.6 Å². The predicted molar refractivity (Wildman–Crippen MR) is 58.1 cm³/mol. The van der Waals surface area contributed by atoms with Crippen molar-refractivity contribution in [1.29, 1.82) is 0 Å². The zero-order valence-corrected chi connectivity index (χ0v) is 9.07. The Labute approximate surface area is 85.2 Å². The van der Waals surface area contributed by atoms with Crippen LogP contribution in [-0.4, -0.2) is 22.6 Å². The van der Waals surface area contributed by atoms with Gasteiger partial charge in [0.15, 0.2) is 0 Å². The maximum absolute atomic E-state index is 5.53. The average Bonchev–Trinajstić information content (AvgIpc) is 2.19. The minimum absolute atomic E-state index is 0.410. The predicted octanol–water partition coefficient (Wildman–Crippen LogP) is 1.17. The minimum Gasteiger partial charge on any atom is -0.339 e. The second-order valence-corrected chi connectivity index (χ2v) is 3.43. The van der Waals surface area contributed by atoms with Crippen LogP contribution in [0.3, 0.4) is 0 Å². The molecule has 1 heterocycles. The molecule has 14 heavy (non-hydrogen) atoms. The van der Waals surface area contributed by atoms with Gasteiger partial charge in [-0.15, -0.1) is 0 Å². The Kier molecular flexibility index (Phi) is 3.83. The number of hydrogen-bond donors (Lipinski definition) is 1. The molecule has 1 aromatic rings. The van der Waals surface area contributed by atoms with E-state index in [1.54, 1.807) is 6.20 Å². The van der Waals surface area contributed by atoms with Gasteiger partial charge in [-0.1, -0.05) is 0 Å². The molecule has 1 rings (SSSR count). The van der Waals surface area contributed by atoms with E-state index in [1.165, 1.54) is 0 Å². The molecule has 0 aliphatic rings. The van der Waals surface area contributed by atoms with Gasteiger partial charge >= 0.3 is 0 Å². The number of nitrogens with zero attached hydrogens (tertiary/aromatic N) is 3. The van der Waals surface area contributed by atoms with Gasteiger partial charge in [-0.3, -0.25) is 0 Å². The second-order valence-electron chi connectivity index (χ2n) is 3.43. The van der Waals surface area contributed by atoms with Gasteiger partial charge in [0.25, 0.3) is 0 Å². The Morgan fingerprint density at radius 2 is 2.21 bits per heavy atom. The molecule has 0 atom stereocenters. The van der Waals surface area contributed by atoms with E-state index in [4.69, 9.17) is 5.73 Å². The Bertz CT molecular complexity index is 285. The highest BCUT2D eigenvalue weighted by Crippen LogP contribution is 2.10. The van der Waals surface area contributed by atoms with Crippen LogP contribution >= 0.6 is 0 Å². The third kappa shape index (κ3) is 2.42. The normalized spacial score (nSPS) is 10.6. The molecule has 0 amide bonds. The first-order valence-corrected chi connectivity index (χ1v) is 4.97. The van der Waals surface area contributed by atoms with Crippen molar-refractivity contribution >= 4 is 5.95 Å². The molecule has 0 aliphatic heterocycles. The topological polar surface area (TPSA) is 55.0 Å². The Morgan fingerprint density at radius 1 is 1.50 bits per heavy atom. The summed E-state index contributed by atoms with van der Waals surface area (Å²) in [6, 6.07) is 2.26. The largest absolute Gasteiger partial charge is 0.339 e. The van der Waals surface area contributed by atoms with E-state index in [9.17, 15) is 0 Å². The molecule has 0 bridgehead atoms. The van der Waals surface area contributed by atoms with E-state index < -0.39 is 0 Å². The molecular weight excluding hydrogens is 176 g/mol. The van der Waals surface area contributed by atoms with Crippen molar-refractivity contribution in [2.75, 3.05) is 11.4 Å². The first-order chi connectivity index (χ1) is 6.69. The van der Waals surface area contributed by atoms with Crippen LogP contribution in [0, 0.1) is 0 Å². The minimum atomic E-state index is 0.410. The summed E-state index contributed by atoms with van der Waals surface area (Å²) in [7, 11) is 0. The molecule has 0 aromatic carbocycles. The third-order valence-corrected chi connectivity index (χ3v) is 2.13. The van der Waals surface area contributed by atoms with Gasteiger partial charge in [0.05, 0.1) is 5.69 Å². The van der Waals surface area contributed by atoms with Gasteiger partial charge in [-0.25, -0.2) is 9.97 Å². The summed E-state index contributed by atoms with van der Waals surface area (Å²) in [5.41, 5.74) is 6.41. The van der Waals surface area contributed by atoms with E-state index in [1.807, 2.05) is 6.07 Å². The first kappa shape index (κ1) is 10.9. The lowest BCUT2D eigenvalue weighted by Gasteiger charge is -2.25. The molecule has 0 spiro atoms. The summed E-state index contributed by atoms with van der Waals surface area (Å²) in [5, 5.41) is 0. The van der Waals surface area contributed by atoms with Crippen molar-refractivity contribution in [3.8, 4) is 0 Å².